The molecule has 0 aliphatic carbocycles. The molecule has 0 fully saturated rings. The summed E-state index contributed by atoms with van der Waals surface area (Å²) < 4.78 is 29.0. The standard InChI is InChI=1S/C18H13F2N3O/c1-23-9-11(7-22-23)14-4-10(5-15-16(14)8-21-18(15)24)13-3-2-12(19)6-17(13)20/h2-7,9H,8H2,1H3,(H,21,24). The number of fused-ring (bicyclic) bond motifs is 1. The quantitative estimate of drug-likeness (QED) is 0.786. The fourth-order valence-electron chi connectivity index (χ4n) is 3.03. The predicted molar refractivity (Wildman–Crippen MR) is 85.2 cm³/mol. The van der Waals surface area contributed by atoms with Crippen molar-refractivity contribution in [2.75, 3.05) is 0 Å². The van der Waals surface area contributed by atoms with Crippen molar-refractivity contribution >= 4 is 5.91 Å². The minimum Gasteiger partial charge on any atom is -0.348 e. The first-order chi connectivity index (χ1) is 11.5. The molecule has 1 aliphatic heterocycles. The van der Waals surface area contributed by atoms with Gasteiger partial charge in [0.15, 0.2) is 0 Å². The number of amides is 1. The maximum absolute atomic E-state index is 14.2. The summed E-state index contributed by atoms with van der Waals surface area (Å²) in [7, 11) is 1.80. The summed E-state index contributed by atoms with van der Waals surface area (Å²) in [6.45, 7) is 0.421. The summed E-state index contributed by atoms with van der Waals surface area (Å²) in [5, 5.41) is 6.94. The van der Waals surface area contributed by atoms with E-state index in [2.05, 4.69) is 10.4 Å². The molecule has 3 aromatic rings. The van der Waals surface area contributed by atoms with Gasteiger partial charge in [-0.1, -0.05) is 0 Å². The maximum atomic E-state index is 14.2. The van der Waals surface area contributed by atoms with Crippen LogP contribution in [0.2, 0.25) is 0 Å². The van der Waals surface area contributed by atoms with Gasteiger partial charge >= 0.3 is 0 Å². The Morgan fingerprint density at radius 3 is 2.58 bits per heavy atom. The SMILES string of the molecule is Cn1cc(-c2cc(-c3ccc(F)cc3F)cc3c2CNC3=O)cn1. The third-order valence-electron chi connectivity index (χ3n) is 4.18. The van der Waals surface area contributed by atoms with Gasteiger partial charge in [-0.3, -0.25) is 9.48 Å². The smallest absolute Gasteiger partial charge is 0.251 e. The monoisotopic (exact) mass is 325 g/mol. The average Bonchev–Trinajstić information content (AvgIpc) is 3.13. The van der Waals surface area contributed by atoms with Crippen LogP contribution in [0.1, 0.15) is 15.9 Å². The topological polar surface area (TPSA) is 46.9 Å². The van der Waals surface area contributed by atoms with Crippen molar-refractivity contribution < 1.29 is 13.6 Å². The lowest BCUT2D eigenvalue weighted by Crippen LogP contribution is -2.12. The van der Waals surface area contributed by atoms with Crippen molar-refractivity contribution in [1.82, 2.24) is 15.1 Å². The van der Waals surface area contributed by atoms with Gasteiger partial charge in [0.1, 0.15) is 11.6 Å². The van der Waals surface area contributed by atoms with Crippen molar-refractivity contribution in [1.29, 1.82) is 0 Å². The van der Waals surface area contributed by atoms with E-state index in [1.165, 1.54) is 12.1 Å². The number of halogens is 2. The number of aromatic nitrogens is 2. The lowest BCUT2D eigenvalue weighted by molar-refractivity contribution is 0.0966. The normalized spacial score (nSPS) is 13.0. The van der Waals surface area contributed by atoms with E-state index in [4.69, 9.17) is 0 Å². The lowest BCUT2D eigenvalue weighted by Gasteiger charge is -2.10. The van der Waals surface area contributed by atoms with Crippen molar-refractivity contribution in [3.8, 4) is 22.3 Å². The molecule has 1 aliphatic rings. The Morgan fingerprint density at radius 1 is 1.08 bits per heavy atom. The molecule has 0 radical (unpaired) electrons. The van der Waals surface area contributed by atoms with Crippen LogP contribution >= 0.6 is 0 Å². The Balaban J connectivity index is 1.96. The second kappa shape index (κ2) is 5.26. The molecule has 0 saturated carbocycles. The molecule has 0 bridgehead atoms. The van der Waals surface area contributed by atoms with Crippen molar-refractivity contribution in [3.63, 3.8) is 0 Å². The highest BCUT2D eigenvalue weighted by atomic mass is 19.1. The molecule has 0 unspecified atom stereocenters. The van der Waals surface area contributed by atoms with E-state index >= 15 is 0 Å². The van der Waals surface area contributed by atoms with Crippen molar-refractivity contribution in [2.24, 2.45) is 7.05 Å². The fourth-order valence-corrected chi connectivity index (χ4v) is 3.03. The average molecular weight is 325 g/mol. The van der Waals surface area contributed by atoms with Gasteiger partial charge in [-0.05, 0) is 41.0 Å². The largest absolute Gasteiger partial charge is 0.348 e. The van der Waals surface area contributed by atoms with Crippen LogP contribution in [0.3, 0.4) is 0 Å². The van der Waals surface area contributed by atoms with E-state index in [-0.39, 0.29) is 11.5 Å². The van der Waals surface area contributed by atoms with E-state index in [0.717, 1.165) is 22.8 Å². The zero-order chi connectivity index (χ0) is 16.8. The van der Waals surface area contributed by atoms with Crippen molar-refractivity contribution in [2.45, 2.75) is 6.54 Å². The van der Waals surface area contributed by atoms with E-state index < -0.39 is 11.6 Å². The number of hydrogen-bond donors (Lipinski definition) is 1. The molecule has 6 heteroatoms. The molecule has 0 spiro atoms. The van der Waals surface area contributed by atoms with Gasteiger partial charge in [-0.25, -0.2) is 8.78 Å². The van der Waals surface area contributed by atoms with Gasteiger partial charge in [0.05, 0.1) is 6.20 Å². The van der Waals surface area contributed by atoms with E-state index in [1.54, 1.807) is 24.0 Å². The number of nitrogens with one attached hydrogen (secondary N) is 1. The van der Waals surface area contributed by atoms with Gasteiger partial charge in [0.25, 0.3) is 5.91 Å². The molecule has 24 heavy (non-hydrogen) atoms. The van der Waals surface area contributed by atoms with Crippen LogP contribution in [-0.4, -0.2) is 15.7 Å². The van der Waals surface area contributed by atoms with Crippen LogP contribution in [0.4, 0.5) is 8.78 Å². The third kappa shape index (κ3) is 2.27. The third-order valence-corrected chi connectivity index (χ3v) is 4.18. The molecule has 4 nitrogen and oxygen atoms in total. The number of rotatable bonds is 2. The van der Waals surface area contributed by atoms with Gasteiger partial charge in [0, 0.05) is 42.5 Å². The predicted octanol–water partition coefficient (Wildman–Crippen LogP) is 3.28. The lowest BCUT2D eigenvalue weighted by atomic mass is 9.93. The summed E-state index contributed by atoms with van der Waals surface area (Å²) in [6, 6.07) is 6.88. The Hall–Kier alpha value is -3.02. The molecule has 1 amide bonds. The second-order valence-electron chi connectivity index (χ2n) is 5.76. The molecule has 4 rings (SSSR count). The highest BCUT2D eigenvalue weighted by Gasteiger charge is 2.24. The van der Waals surface area contributed by atoms with Crippen LogP contribution < -0.4 is 5.32 Å². The summed E-state index contributed by atoms with van der Waals surface area (Å²) in [6.07, 6.45) is 3.53. The van der Waals surface area contributed by atoms with Crippen LogP contribution in [0.15, 0.2) is 42.7 Å². The number of aryl methyl sites for hydroxylation is 1. The van der Waals surface area contributed by atoms with E-state index in [9.17, 15) is 13.6 Å². The second-order valence-corrected chi connectivity index (χ2v) is 5.76. The molecular weight excluding hydrogens is 312 g/mol. The highest BCUT2D eigenvalue weighted by Crippen LogP contribution is 2.35. The Morgan fingerprint density at radius 2 is 1.88 bits per heavy atom. The highest BCUT2D eigenvalue weighted by molar-refractivity contribution is 6.02. The minimum absolute atomic E-state index is 0.195. The van der Waals surface area contributed by atoms with Gasteiger partial charge in [0.2, 0.25) is 0 Å². The molecule has 2 heterocycles. The number of benzene rings is 2. The first kappa shape index (κ1) is 14.6. The summed E-state index contributed by atoms with van der Waals surface area (Å²) >= 11 is 0. The molecule has 1 N–H and O–H groups in total. The number of nitrogens with zero attached hydrogens (tertiary/aromatic N) is 2. The Labute approximate surface area is 136 Å². The van der Waals surface area contributed by atoms with Crippen LogP contribution in [0.5, 0.6) is 0 Å². The minimum atomic E-state index is -0.662. The fraction of sp³-hybridized carbons (Fsp3) is 0.111. The van der Waals surface area contributed by atoms with Gasteiger partial charge < -0.3 is 5.32 Å². The summed E-state index contributed by atoms with van der Waals surface area (Å²) in [4.78, 5) is 12.1. The summed E-state index contributed by atoms with van der Waals surface area (Å²) in [5.74, 6) is -1.49. The molecular formula is C18H13F2N3O. The number of carbonyl (C=O) groups excluding carboxylic acids is 1. The first-order valence-corrected chi connectivity index (χ1v) is 7.42. The zero-order valence-corrected chi connectivity index (χ0v) is 12.8. The molecule has 0 atom stereocenters. The number of hydrogen-bond acceptors (Lipinski definition) is 2. The maximum Gasteiger partial charge on any atom is 0.251 e. The van der Waals surface area contributed by atoms with E-state index in [0.29, 0.717) is 17.7 Å². The molecule has 2 aromatic carbocycles. The van der Waals surface area contributed by atoms with Crippen molar-refractivity contribution in [3.05, 3.63) is 65.5 Å². The Bertz CT molecular complexity index is 978. The van der Waals surface area contributed by atoms with Crippen LogP contribution in [-0.2, 0) is 13.6 Å². The first-order valence-electron chi connectivity index (χ1n) is 7.42. The van der Waals surface area contributed by atoms with Gasteiger partial charge in [-0.15, -0.1) is 0 Å². The van der Waals surface area contributed by atoms with E-state index in [1.807, 2.05) is 12.3 Å². The summed E-state index contributed by atoms with van der Waals surface area (Å²) in [5.41, 5.74) is 3.81. The Kier molecular flexibility index (Phi) is 3.19. The molecule has 120 valence electrons. The van der Waals surface area contributed by atoms with Crippen LogP contribution in [0, 0.1) is 11.6 Å². The molecule has 1 aromatic heterocycles. The van der Waals surface area contributed by atoms with Crippen LogP contribution in [0.25, 0.3) is 22.3 Å². The molecule has 0 saturated heterocycles. The van der Waals surface area contributed by atoms with Gasteiger partial charge in [-0.2, -0.15) is 5.10 Å². The zero-order valence-electron chi connectivity index (χ0n) is 12.8. The number of carbonyl (C=O) groups is 1.